The van der Waals surface area contributed by atoms with Crippen LogP contribution in [0.1, 0.15) is 41.4 Å². The van der Waals surface area contributed by atoms with Gasteiger partial charge in [0.15, 0.2) is 0 Å². The Morgan fingerprint density at radius 1 is 1.24 bits per heavy atom. The molecule has 2 aromatic rings. The van der Waals surface area contributed by atoms with Crippen LogP contribution in [0.25, 0.3) is 0 Å². The lowest BCUT2D eigenvalue weighted by Gasteiger charge is -2.28. The van der Waals surface area contributed by atoms with Gasteiger partial charge in [-0.2, -0.15) is 0 Å². The van der Waals surface area contributed by atoms with Crippen molar-refractivity contribution < 1.29 is 9.90 Å². The van der Waals surface area contributed by atoms with Crippen molar-refractivity contribution in [2.45, 2.75) is 26.2 Å². The number of rotatable bonds is 2. The van der Waals surface area contributed by atoms with Crippen LogP contribution in [0.15, 0.2) is 36.5 Å². The van der Waals surface area contributed by atoms with Crippen molar-refractivity contribution in [2.75, 3.05) is 11.4 Å². The van der Waals surface area contributed by atoms with Crippen LogP contribution in [0.4, 0.5) is 5.69 Å². The van der Waals surface area contributed by atoms with Crippen molar-refractivity contribution in [1.29, 1.82) is 0 Å². The summed E-state index contributed by atoms with van der Waals surface area (Å²) in [6.07, 6.45) is 2.50. The van der Waals surface area contributed by atoms with E-state index in [0.717, 1.165) is 23.4 Å². The van der Waals surface area contributed by atoms with Gasteiger partial charge in [-0.25, -0.2) is 0 Å². The molecule has 1 aromatic heterocycles. The van der Waals surface area contributed by atoms with Crippen molar-refractivity contribution >= 4 is 11.6 Å². The van der Waals surface area contributed by atoms with E-state index in [0.29, 0.717) is 18.0 Å². The van der Waals surface area contributed by atoms with Crippen LogP contribution in [0.5, 0.6) is 5.75 Å². The molecule has 0 radical (unpaired) electrons. The fraction of sp³-hybridized carbons (Fsp3) is 0.294. The van der Waals surface area contributed by atoms with Crippen LogP contribution in [-0.4, -0.2) is 22.5 Å². The van der Waals surface area contributed by atoms with E-state index in [-0.39, 0.29) is 11.7 Å². The Morgan fingerprint density at radius 2 is 2.05 bits per heavy atom. The number of hydrogen-bond acceptors (Lipinski definition) is 3. The molecule has 1 amide bonds. The van der Waals surface area contributed by atoms with E-state index in [1.54, 1.807) is 29.3 Å². The normalized spacial score (nSPS) is 14.4. The quantitative estimate of drug-likeness (QED) is 0.920. The Hall–Kier alpha value is -2.36. The molecule has 0 aliphatic carbocycles. The number of carbonyl (C=O) groups is 1. The Labute approximate surface area is 124 Å². The fourth-order valence-electron chi connectivity index (χ4n) is 2.62. The lowest BCUT2D eigenvalue weighted by Crippen LogP contribution is -2.37. The molecule has 4 heteroatoms. The van der Waals surface area contributed by atoms with Crippen molar-refractivity contribution in [3.8, 4) is 5.75 Å². The Bertz CT molecular complexity index is 678. The second-order valence-corrected chi connectivity index (χ2v) is 5.64. The van der Waals surface area contributed by atoms with Crippen molar-refractivity contribution in [3.05, 3.63) is 53.3 Å². The van der Waals surface area contributed by atoms with E-state index in [1.807, 2.05) is 12.1 Å². The molecule has 0 saturated carbocycles. The number of nitrogens with zero attached hydrogens (tertiary/aromatic N) is 2. The number of phenols is 1. The molecular weight excluding hydrogens is 264 g/mol. The SMILES string of the molecule is CC(C)c1ccc(N2CCc3cc(O)ccc3C2=O)cn1. The summed E-state index contributed by atoms with van der Waals surface area (Å²) in [5, 5.41) is 9.51. The minimum Gasteiger partial charge on any atom is -0.508 e. The average molecular weight is 282 g/mol. The number of amides is 1. The van der Waals surface area contributed by atoms with Gasteiger partial charge in [0, 0.05) is 17.8 Å². The van der Waals surface area contributed by atoms with Gasteiger partial charge in [0.1, 0.15) is 5.75 Å². The van der Waals surface area contributed by atoms with Crippen molar-refractivity contribution in [3.63, 3.8) is 0 Å². The summed E-state index contributed by atoms with van der Waals surface area (Å²) in [5.41, 5.74) is 3.41. The number of phenolic OH excluding ortho intramolecular Hbond substituents is 1. The number of aromatic nitrogens is 1. The zero-order valence-corrected chi connectivity index (χ0v) is 12.2. The first-order chi connectivity index (χ1) is 10.1. The molecule has 0 fully saturated rings. The van der Waals surface area contributed by atoms with E-state index in [4.69, 9.17) is 0 Å². The number of aromatic hydroxyl groups is 1. The largest absolute Gasteiger partial charge is 0.508 e. The number of benzene rings is 1. The lowest BCUT2D eigenvalue weighted by molar-refractivity contribution is 0.0980. The number of carbonyl (C=O) groups excluding carboxylic acids is 1. The zero-order valence-electron chi connectivity index (χ0n) is 12.2. The highest BCUT2D eigenvalue weighted by Gasteiger charge is 2.25. The average Bonchev–Trinajstić information content (AvgIpc) is 2.47. The van der Waals surface area contributed by atoms with Gasteiger partial charge in [-0.15, -0.1) is 0 Å². The van der Waals surface area contributed by atoms with Crippen LogP contribution in [-0.2, 0) is 6.42 Å². The maximum atomic E-state index is 12.6. The van der Waals surface area contributed by atoms with E-state index in [2.05, 4.69) is 18.8 Å². The zero-order chi connectivity index (χ0) is 15.0. The molecule has 0 unspecified atom stereocenters. The number of anilines is 1. The lowest BCUT2D eigenvalue weighted by atomic mass is 9.98. The molecule has 1 N–H and O–H groups in total. The van der Waals surface area contributed by atoms with E-state index < -0.39 is 0 Å². The van der Waals surface area contributed by atoms with E-state index in [1.165, 1.54) is 0 Å². The molecule has 0 atom stereocenters. The summed E-state index contributed by atoms with van der Waals surface area (Å²) in [7, 11) is 0. The maximum Gasteiger partial charge on any atom is 0.258 e. The molecule has 0 bridgehead atoms. The third-order valence-corrected chi connectivity index (χ3v) is 3.84. The first kappa shape index (κ1) is 13.6. The molecule has 3 rings (SSSR count). The van der Waals surface area contributed by atoms with Crippen molar-refractivity contribution in [2.24, 2.45) is 0 Å². The fourth-order valence-corrected chi connectivity index (χ4v) is 2.62. The Kier molecular flexibility index (Phi) is 3.37. The molecule has 21 heavy (non-hydrogen) atoms. The molecule has 108 valence electrons. The highest BCUT2D eigenvalue weighted by atomic mass is 16.3. The predicted molar refractivity (Wildman–Crippen MR) is 81.8 cm³/mol. The first-order valence-corrected chi connectivity index (χ1v) is 7.16. The van der Waals surface area contributed by atoms with Crippen LogP contribution >= 0.6 is 0 Å². The van der Waals surface area contributed by atoms with Crippen LogP contribution in [0, 0.1) is 0 Å². The van der Waals surface area contributed by atoms with Gasteiger partial charge < -0.3 is 10.0 Å². The van der Waals surface area contributed by atoms with Crippen LogP contribution < -0.4 is 4.90 Å². The molecule has 1 aliphatic heterocycles. The molecule has 0 spiro atoms. The van der Waals surface area contributed by atoms with Gasteiger partial charge in [-0.05, 0) is 48.2 Å². The summed E-state index contributed by atoms with van der Waals surface area (Å²) in [6.45, 7) is 4.80. The van der Waals surface area contributed by atoms with Gasteiger partial charge in [0.05, 0.1) is 11.9 Å². The summed E-state index contributed by atoms with van der Waals surface area (Å²) < 4.78 is 0. The third-order valence-electron chi connectivity index (χ3n) is 3.84. The molecule has 1 aromatic carbocycles. The number of fused-ring (bicyclic) bond motifs is 1. The molecule has 4 nitrogen and oxygen atoms in total. The third kappa shape index (κ3) is 2.49. The molecular formula is C17H18N2O2. The minimum atomic E-state index is -0.0321. The highest BCUT2D eigenvalue weighted by Crippen LogP contribution is 2.27. The standard InChI is InChI=1S/C17H18N2O2/c1-11(2)16-6-3-13(10-18-16)19-8-7-12-9-14(20)4-5-15(12)17(19)21/h3-6,9-11,20H,7-8H2,1-2H3. The Balaban J connectivity index is 1.91. The summed E-state index contributed by atoms with van der Waals surface area (Å²) in [5.74, 6) is 0.549. The van der Waals surface area contributed by atoms with Gasteiger partial charge in [0.2, 0.25) is 0 Å². The highest BCUT2D eigenvalue weighted by molar-refractivity contribution is 6.08. The molecule has 1 aliphatic rings. The van der Waals surface area contributed by atoms with E-state index in [9.17, 15) is 9.90 Å². The monoisotopic (exact) mass is 282 g/mol. The molecule has 0 saturated heterocycles. The second-order valence-electron chi connectivity index (χ2n) is 5.64. The summed E-state index contributed by atoms with van der Waals surface area (Å²) in [6, 6.07) is 8.84. The topological polar surface area (TPSA) is 53.4 Å². The smallest absolute Gasteiger partial charge is 0.258 e. The van der Waals surface area contributed by atoms with Crippen LogP contribution in [0.2, 0.25) is 0 Å². The summed E-state index contributed by atoms with van der Waals surface area (Å²) in [4.78, 5) is 18.7. The minimum absolute atomic E-state index is 0.0321. The van der Waals surface area contributed by atoms with Crippen molar-refractivity contribution in [1.82, 2.24) is 4.98 Å². The van der Waals surface area contributed by atoms with E-state index >= 15 is 0 Å². The van der Waals surface area contributed by atoms with Gasteiger partial charge >= 0.3 is 0 Å². The Morgan fingerprint density at radius 3 is 2.71 bits per heavy atom. The predicted octanol–water partition coefficient (Wildman–Crippen LogP) is 3.11. The summed E-state index contributed by atoms with van der Waals surface area (Å²) >= 11 is 0. The van der Waals surface area contributed by atoms with Gasteiger partial charge in [0.25, 0.3) is 5.91 Å². The van der Waals surface area contributed by atoms with Crippen LogP contribution in [0.3, 0.4) is 0 Å². The van der Waals surface area contributed by atoms with Gasteiger partial charge in [-0.3, -0.25) is 9.78 Å². The van der Waals surface area contributed by atoms with Gasteiger partial charge in [-0.1, -0.05) is 13.8 Å². The maximum absolute atomic E-state index is 12.6. The first-order valence-electron chi connectivity index (χ1n) is 7.16. The number of hydrogen-bond donors (Lipinski definition) is 1. The molecule has 2 heterocycles. The number of pyridine rings is 1. The second kappa shape index (κ2) is 5.20.